The fourth-order valence-electron chi connectivity index (χ4n) is 2.25. The van der Waals surface area contributed by atoms with Crippen LogP contribution in [0.3, 0.4) is 0 Å². The van der Waals surface area contributed by atoms with Crippen molar-refractivity contribution in [1.82, 2.24) is 20.0 Å². The topological polar surface area (TPSA) is 46.5 Å². The van der Waals surface area contributed by atoms with Crippen LogP contribution in [0.25, 0.3) is 27.6 Å². The van der Waals surface area contributed by atoms with E-state index in [1.54, 1.807) is 4.68 Å². The fourth-order valence-corrected chi connectivity index (χ4v) is 2.25. The summed E-state index contributed by atoms with van der Waals surface area (Å²) in [6.07, 6.45) is 1.86. The molecule has 0 amide bonds. The summed E-state index contributed by atoms with van der Waals surface area (Å²) in [4.78, 5) is 3.42. The van der Waals surface area contributed by atoms with E-state index >= 15 is 0 Å². The Morgan fingerprint density at radius 2 is 1.79 bits per heavy atom. The predicted octanol–water partition coefficient (Wildman–Crippen LogP) is 3.21. The van der Waals surface area contributed by atoms with Gasteiger partial charge in [-0.3, -0.25) is 0 Å². The van der Waals surface area contributed by atoms with Crippen LogP contribution in [0.1, 0.15) is 5.56 Å². The van der Waals surface area contributed by atoms with Crippen LogP contribution in [-0.4, -0.2) is 20.0 Å². The van der Waals surface area contributed by atoms with E-state index in [4.69, 9.17) is 0 Å². The van der Waals surface area contributed by atoms with Crippen LogP contribution in [0.2, 0.25) is 0 Å². The Labute approximate surface area is 109 Å². The molecule has 0 saturated heterocycles. The molecule has 2 aliphatic rings. The first-order valence-electron chi connectivity index (χ1n) is 6.21. The van der Waals surface area contributed by atoms with Crippen LogP contribution in [-0.2, 0) is 0 Å². The maximum atomic E-state index is 3.56. The van der Waals surface area contributed by atoms with E-state index in [0.29, 0.717) is 0 Å². The van der Waals surface area contributed by atoms with Gasteiger partial charge < -0.3 is 4.98 Å². The average Bonchev–Trinajstić information content (AvgIpc) is 2.85. The Bertz CT molecular complexity index is 861. The van der Waals surface area contributed by atoms with Gasteiger partial charge in [-0.25, -0.2) is 0 Å². The van der Waals surface area contributed by atoms with Crippen LogP contribution in [0.15, 0.2) is 48.7 Å². The smallest absolute Gasteiger partial charge is 0.197 e. The summed E-state index contributed by atoms with van der Waals surface area (Å²) in [5.41, 5.74) is 3.74. The minimum Gasteiger partial charge on any atom is -0.355 e. The number of nitrogens with one attached hydrogen (secondary N) is 1. The number of H-pyrrole nitrogens is 1. The Balaban J connectivity index is 0.000000160. The number of para-hydroxylation sites is 1. The van der Waals surface area contributed by atoms with E-state index in [0.717, 1.165) is 5.82 Å². The van der Waals surface area contributed by atoms with Crippen molar-refractivity contribution < 1.29 is 0 Å². The number of hydrogen-bond donors (Lipinski definition) is 1. The number of nitrogens with zero attached hydrogens (tertiary/aromatic N) is 3. The molecule has 5 rings (SSSR count). The van der Waals surface area contributed by atoms with E-state index in [1.165, 1.54) is 27.4 Å². The summed E-state index contributed by atoms with van der Waals surface area (Å²) < 4.78 is 1.72. The zero-order valence-electron chi connectivity index (χ0n) is 10.5. The third kappa shape index (κ3) is 1.69. The first-order chi connectivity index (χ1) is 9.31. The number of fused-ring (bicyclic) bond motifs is 4. The number of rotatable bonds is 0. The lowest BCUT2D eigenvalue weighted by atomic mass is 10.1. The molecule has 1 N–H and O–H groups in total. The van der Waals surface area contributed by atoms with Crippen molar-refractivity contribution in [2.24, 2.45) is 0 Å². The lowest BCUT2D eigenvalue weighted by molar-refractivity contribution is 0.738. The summed E-state index contributed by atoms with van der Waals surface area (Å²) in [6, 6.07) is 14.9. The van der Waals surface area contributed by atoms with Gasteiger partial charge in [0.2, 0.25) is 0 Å². The molecule has 0 radical (unpaired) electrons. The molecule has 0 spiro atoms. The second-order valence-corrected chi connectivity index (χ2v) is 4.74. The zero-order valence-corrected chi connectivity index (χ0v) is 10.5. The molecule has 2 aliphatic heterocycles. The average molecular weight is 248 g/mol. The van der Waals surface area contributed by atoms with Gasteiger partial charge in [-0.1, -0.05) is 35.5 Å². The minimum atomic E-state index is 1.02. The lowest BCUT2D eigenvalue weighted by Crippen LogP contribution is -1.92. The molecule has 3 aromatic rings. The maximum absolute atomic E-state index is 3.56. The van der Waals surface area contributed by atoms with Gasteiger partial charge in [0.25, 0.3) is 0 Å². The van der Waals surface area contributed by atoms with Gasteiger partial charge in [0.1, 0.15) is 0 Å². The number of benzene rings is 2. The molecule has 19 heavy (non-hydrogen) atoms. The van der Waals surface area contributed by atoms with E-state index in [2.05, 4.69) is 64.7 Å². The monoisotopic (exact) mass is 248 g/mol. The van der Waals surface area contributed by atoms with E-state index in [-0.39, 0.29) is 0 Å². The van der Waals surface area contributed by atoms with Crippen molar-refractivity contribution >= 4 is 21.8 Å². The first-order valence-corrected chi connectivity index (χ1v) is 6.21. The van der Waals surface area contributed by atoms with Crippen molar-refractivity contribution in [1.29, 1.82) is 0 Å². The molecule has 0 bridgehead atoms. The van der Waals surface area contributed by atoms with Crippen LogP contribution in [0.4, 0.5) is 0 Å². The largest absolute Gasteiger partial charge is 0.355 e. The molecule has 0 unspecified atom stereocenters. The predicted molar refractivity (Wildman–Crippen MR) is 75.5 cm³/mol. The molecule has 92 valence electrons. The Morgan fingerprint density at radius 1 is 1.00 bits per heavy atom. The highest BCUT2D eigenvalue weighted by Crippen LogP contribution is 2.25. The maximum Gasteiger partial charge on any atom is 0.197 e. The Kier molecular flexibility index (Phi) is 2.00. The van der Waals surface area contributed by atoms with Crippen LogP contribution >= 0.6 is 0 Å². The van der Waals surface area contributed by atoms with Crippen molar-refractivity contribution in [3.63, 3.8) is 0 Å². The summed E-state index contributed by atoms with van der Waals surface area (Å²) >= 11 is 0. The molecular formula is C15H12N4. The summed E-state index contributed by atoms with van der Waals surface area (Å²) in [7, 11) is 0. The van der Waals surface area contributed by atoms with Gasteiger partial charge in [-0.2, -0.15) is 4.68 Å². The fraction of sp³-hybridized carbons (Fsp3) is 0.0667. The van der Waals surface area contributed by atoms with Crippen molar-refractivity contribution in [2.45, 2.75) is 6.92 Å². The number of aromatic amines is 1. The quantitative estimate of drug-likeness (QED) is 0.457. The number of aryl methyl sites for hydroxylation is 1. The molecule has 0 aliphatic carbocycles. The van der Waals surface area contributed by atoms with Crippen LogP contribution < -0.4 is 0 Å². The van der Waals surface area contributed by atoms with Crippen molar-refractivity contribution in [3.05, 3.63) is 54.2 Å². The van der Waals surface area contributed by atoms with Gasteiger partial charge in [0.05, 0.1) is 6.20 Å². The molecule has 2 aromatic carbocycles. The van der Waals surface area contributed by atoms with Gasteiger partial charge in [-0.05, 0) is 24.6 Å². The summed E-state index contributed by atoms with van der Waals surface area (Å²) in [6.45, 7) is 2.12. The van der Waals surface area contributed by atoms with E-state index in [9.17, 15) is 0 Å². The molecule has 3 heterocycles. The SMILES string of the molecule is Cc1ccc2c(c1)[nH]c1ccccc12.c1c2nnn1-2. The second kappa shape index (κ2) is 3.68. The minimum absolute atomic E-state index is 1.02. The Morgan fingerprint density at radius 3 is 2.47 bits per heavy atom. The van der Waals surface area contributed by atoms with Gasteiger partial charge in [0, 0.05) is 21.8 Å². The number of aromatic nitrogens is 4. The standard InChI is InChI=1S/C13H11N.C2HN3/c1-9-6-7-11-10-4-2-3-5-12(10)14-13(11)8-9;1-2-3-4-5(1)2/h2-8,14H,1H3;1H. The van der Waals surface area contributed by atoms with Crippen LogP contribution in [0.5, 0.6) is 0 Å². The van der Waals surface area contributed by atoms with Gasteiger partial charge in [0.15, 0.2) is 5.82 Å². The molecule has 0 saturated carbocycles. The first kappa shape index (κ1) is 10.3. The zero-order chi connectivity index (χ0) is 12.8. The van der Waals surface area contributed by atoms with Crippen molar-refractivity contribution in [3.8, 4) is 5.82 Å². The highest BCUT2D eigenvalue weighted by atomic mass is 15.6. The molecule has 0 fully saturated rings. The van der Waals surface area contributed by atoms with E-state index < -0.39 is 0 Å². The van der Waals surface area contributed by atoms with Gasteiger partial charge >= 0.3 is 0 Å². The normalized spacial score (nSPS) is 11.4. The molecule has 1 aromatic heterocycles. The molecular weight excluding hydrogens is 236 g/mol. The third-order valence-electron chi connectivity index (χ3n) is 3.31. The molecule has 4 heteroatoms. The van der Waals surface area contributed by atoms with Crippen molar-refractivity contribution in [2.75, 3.05) is 0 Å². The van der Waals surface area contributed by atoms with E-state index in [1.807, 2.05) is 6.20 Å². The van der Waals surface area contributed by atoms with Gasteiger partial charge in [-0.15, -0.1) is 5.10 Å². The highest BCUT2D eigenvalue weighted by molar-refractivity contribution is 6.07. The molecule has 4 nitrogen and oxygen atoms in total. The summed E-state index contributed by atoms with van der Waals surface area (Å²) in [5.74, 6) is 1.02. The highest BCUT2D eigenvalue weighted by Gasteiger charge is 2.14. The lowest BCUT2D eigenvalue weighted by Gasteiger charge is -1.92. The number of hydrogen-bond acceptors (Lipinski definition) is 2. The Hall–Kier alpha value is -2.62. The second-order valence-electron chi connectivity index (χ2n) is 4.74. The van der Waals surface area contributed by atoms with Crippen LogP contribution in [0, 0.1) is 6.92 Å². The molecule has 0 atom stereocenters. The summed E-state index contributed by atoms with van der Waals surface area (Å²) in [5, 5.41) is 9.68. The third-order valence-corrected chi connectivity index (χ3v) is 3.31.